The van der Waals surface area contributed by atoms with E-state index in [-0.39, 0.29) is 29.6 Å². The number of fused-ring (bicyclic) bond motifs is 2. The number of phenolic OH excluding ortho intramolecular Hbond substituents is 2. The molecule has 2 nitrogen and oxygen atoms in total. The molecule has 23 heavy (non-hydrogen) atoms. The Morgan fingerprint density at radius 3 is 1.17 bits per heavy atom. The van der Waals surface area contributed by atoms with E-state index in [9.17, 15) is 10.2 Å². The van der Waals surface area contributed by atoms with Crippen LogP contribution < -0.4 is 0 Å². The molecule has 0 aliphatic heterocycles. The summed E-state index contributed by atoms with van der Waals surface area (Å²) in [5.41, 5.74) is 0. The normalized spacial score (nSPS) is 9.74. The summed E-state index contributed by atoms with van der Waals surface area (Å²) in [6, 6.07) is 26.6. The smallest absolute Gasteiger partial charge is 0.123 e. The Morgan fingerprint density at radius 1 is 0.435 bits per heavy atom. The van der Waals surface area contributed by atoms with E-state index in [4.69, 9.17) is 0 Å². The van der Waals surface area contributed by atoms with Gasteiger partial charge >= 0.3 is 0 Å². The average molecular weight is 311 g/mol. The second-order valence-electron chi connectivity index (χ2n) is 5.00. The van der Waals surface area contributed by atoms with Gasteiger partial charge in [0.2, 0.25) is 0 Å². The van der Waals surface area contributed by atoms with Crippen LogP contribution in [0.3, 0.4) is 0 Å². The van der Waals surface area contributed by atoms with Crippen LogP contribution in [-0.4, -0.2) is 39.8 Å². The SMILES string of the molecule is Oc1cccc2ccccc12.Oc1cccc2ccccc12.[Na]. The molecule has 1 radical (unpaired) electrons. The van der Waals surface area contributed by atoms with Crippen LogP contribution in [0.25, 0.3) is 21.5 Å². The van der Waals surface area contributed by atoms with Crippen LogP contribution >= 0.6 is 0 Å². The third-order valence-electron chi connectivity index (χ3n) is 3.53. The van der Waals surface area contributed by atoms with Crippen molar-refractivity contribution in [2.24, 2.45) is 0 Å². The Morgan fingerprint density at radius 2 is 0.783 bits per heavy atom. The van der Waals surface area contributed by atoms with Gasteiger partial charge in [-0.15, -0.1) is 0 Å². The summed E-state index contributed by atoms with van der Waals surface area (Å²) >= 11 is 0. The van der Waals surface area contributed by atoms with Crippen LogP contribution in [0, 0.1) is 0 Å². The quantitative estimate of drug-likeness (QED) is 0.462. The predicted octanol–water partition coefficient (Wildman–Crippen LogP) is 4.71. The number of hydrogen-bond donors (Lipinski definition) is 2. The van der Waals surface area contributed by atoms with Crippen molar-refractivity contribution >= 4 is 51.1 Å². The molecule has 4 aromatic rings. The van der Waals surface area contributed by atoms with Crippen molar-refractivity contribution in [1.29, 1.82) is 0 Å². The van der Waals surface area contributed by atoms with Gasteiger partial charge < -0.3 is 10.2 Å². The van der Waals surface area contributed by atoms with Crippen molar-refractivity contribution < 1.29 is 10.2 Å². The topological polar surface area (TPSA) is 40.5 Å². The number of aromatic hydroxyl groups is 2. The summed E-state index contributed by atoms with van der Waals surface area (Å²) in [6.07, 6.45) is 0. The van der Waals surface area contributed by atoms with Gasteiger partial charge in [-0.25, -0.2) is 0 Å². The van der Waals surface area contributed by atoms with Crippen molar-refractivity contribution in [3.63, 3.8) is 0 Å². The molecule has 2 N–H and O–H groups in total. The van der Waals surface area contributed by atoms with Gasteiger partial charge in [0.05, 0.1) is 0 Å². The first-order valence-electron chi connectivity index (χ1n) is 7.09. The van der Waals surface area contributed by atoms with Gasteiger partial charge in [-0.2, -0.15) is 0 Å². The van der Waals surface area contributed by atoms with E-state index in [1.807, 2.05) is 72.8 Å². The van der Waals surface area contributed by atoms with E-state index >= 15 is 0 Å². The second-order valence-corrected chi connectivity index (χ2v) is 5.00. The summed E-state index contributed by atoms with van der Waals surface area (Å²) in [7, 11) is 0. The Labute approximate surface area is 157 Å². The van der Waals surface area contributed by atoms with Crippen LogP contribution in [0.5, 0.6) is 11.5 Å². The molecule has 0 aromatic heterocycles. The molecule has 0 atom stereocenters. The second kappa shape index (κ2) is 8.02. The first-order chi connectivity index (χ1) is 10.8. The number of phenols is 2. The maximum atomic E-state index is 9.37. The van der Waals surface area contributed by atoms with Gasteiger partial charge in [-0.1, -0.05) is 72.8 Å². The zero-order chi connectivity index (χ0) is 15.4. The Bertz CT molecular complexity index is 831. The fourth-order valence-electron chi connectivity index (χ4n) is 2.42. The summed E-state index contributed by atoms with van der Waals surface area (Å²) in [6.45, 7) is 0. The third kappa shape index (κ3) is 4.05. The predicted molar refractivity (Wildman–Crippen MR) is 97.0 cm³/mol. The Hall–Kier alpha value is -2.00. The van der Waals surface area contributed by atoms with Crippen LogP contribution in [0.2, 0.25) is 0 Å². The minimum absolute atomic E-state index is 0. The molecule has 0 unspecified atom stereocenters. The fraction of sp³-hybridized carbons (Fsp3) is 0. The average Bonchev–Trinajstić information content (AvgIpc) is 2.57. The minimum Gasteiger partial charge on any atom is -0.507 e. The first kappa shape index (κ1) is 17.4. The van der Waals surface area contributed by atoms with Crippen LogP contribution in [0.1, 0.15) is 0 Å². The van der Waals surface area contributed by atoms with E-state index in [1.54, 1.807) is 12.1 Å². The van der Waals surface area contributed by atoms with E-state index in [2.05, 4.69) is 0 Å². The molecule has 0 spiro atoms. The van der Waals surface area contributed by atoms with Crippen molar-refractivity contribution in [2.45, 2.75) is 0 Å². The zero-order valence-electron chi connectivity index (χ0n) is 13.0. The molecular formula is C20H16NaO2. The van der Waals surface area contributed by atoms with Gasteiger partial charge in [0.1, 0.15) is 11.5 Å². The third-order valence-corrected chi connectivity index (χ3v) is 3.53. The van der Waals surface area contributed by atoms with Gasteiger partial charge in [-0.3, -0.25) is 0 Å². The molecule has 0 bridgehead atoms. The van der Waals surface area contributed by atoms with Crippen LogP contribution in [-0.2, 0) is 0 Å². The summed E-state index contributed by atoms with van der Waals surface area (Å²) < 4.78 is 0. The van der Waals surface area contributed by atoms with Crippen LogP contribution in [0.15, 0.2) is 84.9 Å². The van der Waals surface area contributed by atoms with Crippen LogP contribution in [0.4, 0.5) is 0 Å². The first-order valence-corrected chi connectivity index (χ1v) is 7.09. The largest absolute Gasteiger partial charge is 0.507 e. The fourth-order valence-corrected chi connectivity index (χ4v) is 2.42. The molecule has 0 amide bonds. The molecule has 4 aromatic carbocycles. The summed E-state index contributed by atoms with van der Waals surface area (Å²) in [4.78, 5) is 0. The van der Waals surface area contributed by atoms with Gasteiger partial charge in [0, 0.05) is 40.3 Å². The molecule has 109 valence electrons. The Balaban J connectivity index is 0.000000160. The molecule has 0 fully saturated rings. The van der Waals surface area contributed by atoms with Crippen molar-refractivity contribution in [2.75, 3.05) is 0 Å². The van der Waals surface area contributed by atoms with Gasteiger partial charge in [0.15, 0.2) is 0 Å². The zero-order valence-corrected chi connectivity index (χ0v) is 15.0. The molecule has 0 aliphatic rings. The molecule has 0 saturated heterocycles. The number of benzene rings is 4. The maximum Gasteiger partial charge on any atom is 0.123 e. The molecule has 4 rings (SSSR count). The molecular weight excluding hydrogens is 295 g/mol. The number of rotatable bonds is 0. The van der Waals surface area contributed by atoms with Crippen molar-refractivity contribution in [1.82, 2.24) is 0 Å². The maximum absolute atomic E-state index is 9.37. The van der Waals surface area contributed by atoms with E-state index in [0.717, 1.165) is 21.5 Å². The Kier molecular flexibility index (Phi) is 6.05. The van der Waals surface area contributed by atoms with E-state index in [0.29, 0.717) is 11.5 Å². The van der Waals surface area contributed by atoms with E-state index < -0.39 is 0 Å². The molecule has 0 saturated carbocycles. The monoisotopic (exact) mass is 311 g/mol. The number of hydrogen-bond acceptors (Lipinski definition) is 2. The summed E-state index contributed by atoms with van der Waals surface area (Å²) in [5.74, 6) is 0.700. The van der Waals surface area contributed by atoms with E-state index in [1.165, 1.54) is 0 Å². The summed E-state index contributed by atoms with van der Waals surface area (Å²) in [5, 5.41) is 22.7. The standard InChI is InChI=1S/2C10H8O.Na/c2*11-10-7-3-5-8-4-1-2-6-9(8)10;/h2*1-7,11H;. The van der Waals surface area contributed by atoms with Crippen molar-refractivity contribution in [3.8, 4) is 11.5 Å². The molecule has 3 heteroatoms. The van der Waals surface area contributed by atoms with Gasteiger partial charge in [0.25, 0.3) is 0 Å². The molecule has 0 heterocycles. The van der Waals surface area contributed by atoms with Crippen molar-refractivity contribution in [3.05, 3.63) is 84.9 Å². The minimum atomic E-state index is 0. The molecule has 0 aliphatic carbocycles. The van der Waals surface area contributed by atoms with Gasteiger partial charge in [-0.05, 0) is 22.9 Å².